The Morgan fingerprint density at radius 1 is 1.10 bits per heavy atom. The fourth-order valence-electron chi connectivity index (χ4n) is 3.95. The Morgan fingerprint density at radius 2 is 1.90 bits per heavy atom. The summed E-state index contributed by atoms with van der Waals surface area (Å²) in [4.78, 5) is 18.5. The smallest absolute Gasteiger partial charge is 0.254 e. The summed E-state index contributed by atoms with van der Waals surface area (Å²) >= 11 is 0. The van der Waals surface area contributed by atoms with Crippen LogP contribution in [0.5, 0.6) is 0 Å². The van der Waals surface area contributed by atoms with E-state index >= 15 is 0 Å². The first-order valence-electron chi connectivity index (χ1n) is 10.1. The van der Waals surface area contributed by atoms with Gasteiger partial charge in [-0.2, -0.15) is 5.10 Å². The molecule has 29 heavy (non-hydrogen) atoms. The van der Waals surface area contributed by atoms with Crippen molar-refractivity contribution in [3.63, 3.8) is 0 Å². The zero-order valence-corrected chi connectivity index (χ0v) is 16.7. The Hall–Kier alpha value is -3.34. The first kappa shape index (κ1) is 17.7. The van der Waals surface area contributed by atoms with E-state index in [4.69, 9.17) is 0 Å². The Labute approximate surface area is 170 Å². The van der Waals surface area contributed by atoms with Gasteiger partial charge < -0.3 is 9.88 Å². The van der Waals surface area contributed by atoms with Crippen LogP contribution < -0.4 is 0 Å². The van der Waals surface area contributed by atoms with Crippen molar-refractivity contribution in [1.82, 2.24) is 19.7 Å². The SMILES string of the molecule is Cc1cc(C)n(-c2ccc(C(=O)N(Cc3ccc4[nH]ccc4c3)C3CC3)cc2)n1. The van der Waals surface area contributed by atoms with Crippen molar-refractivity contribution in [2.45, 2.75) is 39.3 Å². The van der Waals surface area contributed by atoms with Crippen molar-refractivity contribution < 1.29 is 4.79 Å². The lowest BCUT2D eigenvalue weighted by atomic mass is 10.1. The van der Waals surface area contributed by atoms with E-state index in [0.29, 0.717) is 12.6 Å². The van der Waals surface area contributed by atoms with Crippen molar-refractivity contribution in [2.24, 2.45) is 0 Å². The second-order valence-electron chi connectivity index (χ2n) is 7.95. The highest BCUT2D eigenvalue weighted by atomic mass is 16.2. The number of H-pyrrole nitrogens is 1. The maximum absolute atomic E-state index is 13.3. The number of aromatic nitrogens is 3. The van der Waals surface area contributed by atoms with Crippen LogP contribution in [0.4, 0.5) is 0 Å². The Bertz CT molecular complexity index is 1180. The number of nitrogens with zero attached hydrogens (tertiary/aromatic N) is 3. The highest BCUT2D eigenvalue weighted by Gasteiger charge is 2.33. The molecule has 0 unspecified atom stereocenters. The molecular formula is C24H24N4O. The Kier molecular flexibility index (Phi) is 4.23. The highest BCUT2D eigenvalue weighted by molar-refractivity contribution is 5.95. The van der Waals surface area contributed by atoms with Crippen LogP contribution in [0.25, 0.3) is 16.6 Å². The van der Waals surface area contributed by atoms with Crippen molar-refractivity contribution >= 4 is 16.8 Å². The molecule has 0 atom stereocenters. The molecule has 1 fully saturated rings. The number of nitrogens with one attached hydrogen (secondary N) is 1. The fraction of sp³-hybridized carbons (Fsp3) is 0.250. The number of benzene rings is 2. The summed E-state index contributed by atoms with van der Waals surface area (Å²) in [6.07, 6.45) is 4.12. The van der Waals surface area contributed by atoms with Crippen LogP contribution in [0.1, 0.15) is 40.2 Å². The largest absolute Gasteiger partial charge is 0.361 e. The van der Waals surface area contributed by atoms with E-state index in [1.165, 1.54) is 5.39 Å². The monoisotopic (exact) mass is 384 g/mol. The average molecular weight is 384 g/mol. The van der Waals surface area contributed by atoms with Crippen LogP contribution in [0.15, 0.2) is 60.8 Å². The molecule has 1 amide bonds. The number of aryl methyl sites for hydroxylation is 2. The van der Waals surface area contributed by atoms with Crippen LogP contribution in [0.2, 0.25) is 0 Å². The van der Waals surface area contributed by atoms with Gasteiger partial charge in [0.1, 0.15) is 0 Å². The lowest BCUT2D eigenvalue weighted by Gasteiger charge is -2.23. The second kappa shape index (κ2) is 6.92. The van der Waals surface area contributed by atoms with Crippen molar-refractivity contribution in [1.29, 1.82) is 0 Å². The molecule has 1 saturated carbocycles. The third kappa shape index (κ3) is 3.44. The third-order valence-electron chi connectivity index (χ3n) is 5.59. The number of hydrogen-bond acceptors (Lipinski definition) is 2. The first-order chi connectivity index (χ1) is 14.1. The number of amides is 1. The zero-order valence-electron chi connectivity index (χ0n) is 16.7. The molecule has 5 rings (SSSR count). The summed E-state index contributed by atoms with van der Waals surface area (Å²) in [6.45, 7) is 4.67. The van der Waals surface area contributed by atoms with Gasteiger partial charge in [-0.3, -0.25) is 4.79 Å². The van der Waals surface area contributed by atoms with Gasteiger partial charge in [-0.25, -0.2) is 4.68 Å². The van der Waals surface area contributed by atoms with Gasteiger partial charge in [-0.15, -0.1) is 0 Å². The summed E-state index contributed by atoms with van der Waals surface area (Å²) in [6, 6.07) is 18.6. The predicted molar refractivity (Wildman–Crippen MR) is 114 cm³/mol. The van der Waals surface area contributed by atoms with E-state index in [1.54, 1.807) is 0 Å². The quantitative estimate of drug-likeness (QED) is 0.539. The minimum Gasteiger partial charge on any atom is -0.361 e. The summed E-state index contributed by atoms with van der Waals surface area (Å²) in [7, 11) is 0. The topological polar surface area (TPSA) is 53.9 Å². The van der Waals surface area contributed by atoms with Gasteiger partial charge in [0, 0.05) is 35.6 Å². The van der Waals surface area contributed by atoms with Gasteiger partial charge in [-0.05, 0) is 86.2 Å². The molecule has 1 aliphatic carbocycles. The minimum atomic E-state index is 0.0987. The molecule has 2 aromatic carbocycles. The van der Waals surface area contributed by atoms with Gasteiger partial charge in [0.2, 0.25) is 0 Å². The molecule has 0 radical (unpaired) electrons. The molecule has 5 heteroatoms. The molecule has 2 aromatic heterocycles. The average Bonchev–Trinajstić information content (AvgIpc) is 3.36. The summed E-state index contributed by atoms with van der Waals surface area (Å²) in [5.74, 6) is 0.0987. The molecule has 0 saturated heterocycles. The van der Waals surface area contributed by atoms with Gasteiger partial charge in [-0.1, -0.05) is 6.07 Å². The fourth-order valence-corrected chi connectivity index (χ4v) is 3.95. The Balaban J connectivity index is 1.38. The number of carbonyl (C=O) groups excluding carboxylic acids is 1. The second-order valence-corrected chi connectivity index (χ2v) is 7.95. The number of hydrogen-bond donors (Lipinski definition) is 1. The summed E-state index contributed by atoms with van der Waals surface area (Å²) in [5, 5.41) is 5.70. The minimum absolute atomic E-state index is 0.0987. The molecule has 0 bridgehead atoms. The number of fused-ring (bicyclic) bond motifs is 1. The number of aromatic amines is 1. The first-order valence-corrected chi connectivity index (χ1v) is 10.1. The Morgan fingerprint density at radius 3 is 2.59 bits per heavy atom. The molecule has 0 spiro atoms. The van der Waals surface area contributed by atoms with E-state index < -0.39 is 0 Å². The van der Waals surface area contributed by atoms with Crippen molar-refractivity contribution in [2.75, 3.05) is 0 Å². The lowest BCUT2D eigenvalue weighted by molar-refractivity contribution is 0.0730. The lowest BCUT2D eigenvalue weighted by Crippen LogP contribution is -2.32. The molecule has 1 aliphatic rings. The highest BCUT2D eigenvalue weighted by Crippen LogP contribution is 2.30. The molecule has 1 N–H and O–H groups in total. The van der Waals surface area contributed by atoms with Crippen LogP contribution in [0, 0.1) is 13.8 Å². The normalized spacial score (nSPS) is 13.7. The number of carbonyl (C=O) groups is 1. The summed E-state index contributed by atoms with van der Waals surface area (Å²) in [5.41, 5.74) is 6.06. The molecular weight excluding hydrogens is 360 g/mol. The van der Waals surface area contributed by atoms with E-state index in [9.17, 15) is 4.79 Å². The molecule has 146 valence electrons. The maximum atomic E-state index is 13.3. The zero-order chi connectivity index (χ0) is 20.0. The van der Waals surface area contributed by atoms with E-state index in [-0.39, 0.29) is 5.91 Å². The van der Waals surface area contributed by atoms with Crippen molar-refractivity contribution in [3.8, 4) is 5.69 Å². The van der Waals surface area contributed by atoms with Crippen molar-refractivity contribution in [3.05, 3.63) is 83.3 Å². The summed E-state index contributed by atoms with van der Waals surface area (Å²) < 4.78 is 1.91. The predicted octanol–water partition coefficient (Wildman–Crippen LogP) is 4.78. The van der Waals surface area contributed by atoms with Crippen LogP contribution in [-0.2, 0) is 6.54 Å². The molecule has 2 heterocycles. The van der Waals surface area contributed by atoms with Gasteiger partial charge in [0.05, 0.1) is 11.4 Å². The van der Waals surface area contributed by atoms with Crippen LogP contribution >= 0.6 is 0 Å². The van der Waals surface area contributed by atoms with Crippen LogP contribution in [0.3, 0.4) is 0 Å². The maximum Gasteiger partial charge on any atom is 0.254 e. The number of rotatable bonds is 5. The van der Waals surface area contributed by atoms with Gasteiger partial charge in [0.15, 0.2) is 0 Å². The molecule has 5 nitrogen and oxygen atoms in total. The van der Waals surface area contributed by atoms with Gasteiger partial charge in [0.25, 0.3) is 5.91 Å². The van der Waals surface area contributed by atoms with E-state index in [1.807, 2.05) is 53.9 Å². The standard InChI is InChI=1S/C24H24N4O/c1-16-13-17(2)28(26-16)22-6-4-19(5-7-22)24(29)27(21-8-9-21)15-18-3-10-23-20(14-18)11-12-25-23/h3-7,10-14,21,25H,8-9,15H2,1-2H3. The van der Waals surface area contributed by atoms with Gasteiger partial charge >= 0.3 is 0 Å². The van der Waals surface area contributed by atoms with E-state index in [0.717, 1.165) is 46.6 Å². The van der Waals surface area contributed by atoms with E-state index in [2.05, 4.69) is 40.4 Å². The molecule has 0 aliphatic heterocycles. The molecule has 4 aromatic rings. The third-order valence-corrected chi connectivity index (χ3v) is 5.59. The van der Waals surface area contributed by atoms with Crippen LogP contribution in [-0.4, -0.2) is 31.6 Å².